The first-order valence-corrected chi connectivity index (χ1v) is 10.5. The van der Waals surface area contributed by atoms with Crippen LogP contribution in [0.2, 0.25) is 0 Å². The van der Waals surface area contributed by atoms with Crippen molar-refractivity contribution in [2.45, 2.75) is 114 Å². The van der Waals surface area contributed by atoms with Gasteiger partial charge in [0.2, 0.25) is 5.60 Å². The van der Waals surface area contributed by atoms with Crippen LogP contribution in [0.3, 0.4) is 0 Å². The van der Waals surface area contributed by atoms with Crippen molar-refractivity contribution in [3.05, 3.63) is 0 Å². The van der Waals surface area contributed by atoms with E-state index in [1.165, 1.54) is 32.1 Å². The molecule has 28 heavy (non-hydrogen) atoms. The molecule has 0 saturated carbocycles. The van der Waals surface area contributed by atoms with E-state index in [0.717, 1.165) is 25.7 Å². The number of unbranched alkanes of at least 4 members (excludes halogenated alkanes) is 8. The molecule has 0 spiro atoms. The van der Waals surface area contributed by atoms with E-state index in [2.05, 4.69) is 6.92 Å². The van der Waals surface area contributed by atoms with Gasteiger partial charge in [0.15, 0.2) is 12.1 Å². The summed E-state index contributed by atoms with van der Waals surface area (Å²) in [5.41, 5.74) is -2.75. The molecule has 0 aromatic rings. The number of ether oxygens (including phenoxy) is 1. The van der Waals surface area contributed by atoms with E-state index >= 15 is 0 Å². The number of hydrogen-bond donors (Lipinski definition) is 6. The number of Topliss-reactive ketones (excluding diaryl/α,β-unsaturated/α-hetero) is 1. The highest BCUT2D eigenvalue weighted by molar-refractivity contribution is 5.89. The van der Waals surface area contributed by atoms with Crippen LogP contribution in [0.5, 0.6) is 0 Å². The molecule has 8 heteroatoms. The number of hydrogen-bond acceptors (Lipinski definition) is 8. The van der Waals surface area contributed by atoms with Crippen LogP contribution >= 0.6 is 0 Å². The molecule has 6 N–H and O–H groups in total. The van der Waals surface area contributed by atoms with Crippen LogP contribution in [0.15, 0.2) is 0 Å². The second kappa shape index (κ2) is 12.8. The van der Waals surface area contributed by atoms with E-state index in [9.17, 15) is 30.3 Å². The Kier molecular flexibility index (Phi) is 11.7. The number of aliphatic hydroxyl groups excluding tert-OH is 5. The molecule has 1 saturated heterocycles. The van der Waals surface area contributed by atoms with Crippen LogP contribution in [0, 0.1) is 0 Å². The van der Waals surface area contributed by atoms with Crippen LogP contribution in [0.4, 0.5) is 0 Å². The monoisotopic (exact) mass is 406 g/mol. The summed E-state index contributed by atoms with van der Waals surface area (Å²) in [4.78, 5) is 12.4. The summed E-state index contributed by atoms with van der Waals surface area (Å²) in [5, 5.41) is 59.3. The van der Waals surface area contributed by atoms with E-state index in [4.69, 9.17) is 9.84 Å². The Bertz CT molecular complexity index is 446. The predicted octanol–water partition coefficient (Wildman–Crippen LogP) is 0.390. The molecule has 1 aliphatic rings. The lowest BCUT2D eigenvalue weighted by Gasteiger charge is -2.45. The first-order valence-electron chi connectivity index (χ1n) is 10.5. The minimum absolute atomic E-state index is 0.368. The molecule has 0 radical (unpaired) electrons. The molecule has 1 unspecified atom stereocenters. The minimum atomic E-state index is -2.75. The van der Waals surface area contributed by atoms with Crippen molar-refractivity contribution in [2.75, 3.05) is 6.61 Å². The molecule has 166 valence electrons. The Morgan fingerprint density at radius 1 is 1.00 bits per heavy atom. The van der Waals surface area contributed by atoms with Gasteiger partial charge in [-0.25, -0.2) is 0 Å². The van der Waals surface area contributed by atoms with Gasteiger partial charge in [0, 0.05) is 6.42 Å². The lowest BCUT2D eigenvalue weighted by Crippen LogP contribution is -2.70. The Morgan fingerprint density at radius 3 is 2.07 bits per heavy atom. The zero-order valence-electron chi connectivity index (χ0n) is 16.9. The number of carbonyl (C=O) groups is 1. The van der Waals surface area contributed by atoms with E-state index in [0.29, 0.717) is 6.42 Å². The van der Waals surface area contributed by atoms with E-state index in [-0.39, 0.29) is 0 Å². The van der Waals surface area contributed by atoms with Crippen molar-refractivity contribution in [2.24, 2.45) is 0 Å². The minimum Gasteiger partial charge on any atom is -0.394 e. The van der Waals surface area contributed by atoms with Crippen LogP contribution in [-0.4, -0.2) is 79.3 Å². The molecular weight excluding hydrogens is 368 g/mol. The molecule has 0 aliphatic carbocycles. The molecule has 1 fully saturated rings. The molecule has 1 rings (SSSR count). The SMILES string of the molecule is CCCCCCCCCCCC(O)CC(=O)[C@]1(O)[C@@H](O)O[C@H](CO)[C@@H](O)[C@@H]1O. The largest absolute Gasteiger partial charge is 0.394 e. The lowest BCUT2D eigenvalue weighted by molar-refractivity contribution is -0.317. The maximum atomic E-state index is 12.4. The average molecular weight is 407 g/mol. The highest BCUT2D eigenvalue weighted by atomic mass is 16.6. The van der Waals surface area contributed by atoms with Gasteiger partial charge in [-0.3, -0.25) is 4.79 Å². The summed E-state index contributed by atoms with van der Waals surface area (Å²) in [6, 6.07) is 0. The van der Waals surface area contributed by atoms with Gasteiger partial charge in [-0.1, -0.05) is 64.7 Å². The predicted molar refractivity (Wildman–Crippen MR) is 102 cm³/mol. The highest BCUT2D eigenvalue weighted by Gasteiger charge is 2.58. The molecular formula is C20H38O8. The highest BCUT2D eigenvalue weighted by Crippen LogP contribution is 2.31. The van der Waals surface area contributed by atoms with Crippen molar-refractivity contribution < 1.29 is 40.2 Å². The van der Waals surface area contributed by atoms with Gasteiger partial charge in [-0.15, -0.1) is 0 Å². The Hall–Kier alpha value is -0.610. The van der Waals surface area contributed by atoms with Gasteiger partial charge in [0.05, 0.1) is 12.7 Å². The van der Waals surface area contributed by atoms with E-state index in [1.54, 1.807) is 0 Å². The number of aliphatic hydroxyl groups is 6. The van der Waals surface area contributed by atoms with Crippen LogP contribution < -0.4 is 0 Å². The second-order valence-electron chi connectivity index (χ2n) is 7.87. The van der Waals surface area contributed by atoms with Crippen LogP contribution in [0.25, 0.3) is 0 Å². The van der Waals surface area contributed by atoms with Gasteiger partial charge in [0.25, 0.3) is 0 Å². The third kappa shape index (κ3) is 7.02. The van der Waals surface area contributed by atoms with Gasteiger partial charge in [-0.2, -0.15) is 0 Å². The number of rotatable bonds is 14. The third-order valence-electron chi connectivity index (χ3n) is 5.52. The topological polar surface area (TPSA) is 148 Å². The smallest absolute Gasteiger partial charge is 0.202 e. The van der Waals surface area contributed by atoms with Crippen molar-refractivity contribution in [1.82, 2.24) is 0 Å². The average Bonchev–Trinajstić information content (AvgIpc) is 2.67. The summed E-state index contributed by atoms with van der Waals surface area (Å²) in [5.74, 6) is -1.01. The van der Waals surface area contributed by atoms with Gasteiger partial charge in [-0.05, 0) is 6.42 Å². The van der Waals surface area contributed by atoms with Crippen LogP contribution in [0.1, 0.15) is 77.6 Å². The number of carbonyl (C=O) groups excluding carboxylic acids is 1. The zero-order chi connectivity index (χ0) is 21.2. The molecule has 1 aliphatic heterocycles. The normalized spacial score (nSPS) is 31.7. The van der Waals surface area contributed by atoms with Crippen molar-refractivity contribution >= 4 is 5.78 Å². The summed E-state index contributed by atoms with van der Waals surface area (Å²) in [7, 11) is 0. The first-order chi connectivity index (χ1) is 13.3. The quantitative estimate of drug-likeness (QED) is 0.227. The summed E-state index contributed by atoms with van der Waals surface area (Å²) >= 11 is 0. The fourth-order valence-corrected chi connectivity index (χ4v) is 3.58. The molecule has 0 bridgehead atoms. The van der Waals surface area contributed by atoms with E-state index in [1.807, 2.05) is 0 Å². The van der Waals surface area contributed by atoms with E-state index < -0.39 is 55.1 Å². The van der Waals surface area contributed by atoms with Gasteiger partial charge in [0.1, 0.15) is 18.3 Å². The van der Waals surface area contributed by atoms with Crippen LogP contribution in [-0.2, 0) is 9.53 Å². The van der Waals surface area contributed by atoms with Crippen molar-refractivity contribution in [3.8, 4) is 0 Å². The third-order valence-corrected chi connectivity index (χ3v) is 5.52. The van der Waals surface area contributed by atoms with Gasteiger partial charge >= 0.3 is 0 Å². The standard InChI is InChI=1S/C20H38O8/c1-2-3-4-5-6-7-8-9-10-11-14(22)12-16(23)20(27)18(25)17(24)15(13-21)28-19(20)26/h14-15,17-19,21-22,24-27H,2-13H2,1H3/t14?,15-,17-,18+,19+,20-/m1/s1. The maximum Gasteiger partial charge on any atom is 0.202 e. The lowest BCUT2D eigenvalue weighted by atomic mass is 9.81. The molecule has 0 amide bonds. The molecule has 8 nitrogen and oxygen atoms in total. The summed E-state index contributed by atoms with van der Waals surface area (Å²) in [6.45, 7) is 1.49. The molecule has 0 aromatic carbocycles. The number of ketones is 1. The van der Waals surface area contributed by atoms with Crippen molar-refractivity contribution in [1.29, 1.82) is 0 Å². The molecule has 0 aromatic heterocycles. The fraction of sp³-hybridized carbons (Fsp3) is 0.950. The molecule has 6 atom stereocenters. The zero-order valence-corrected chi connectivity index (χ0v) is 16.9. The Labute approximate surface area is 167 Å². The van der Waals surface area contributed by atoms with Crippen molar-refractivity contribution in [3.63, 3.8) is 0 Å². The van der Waals surface area contributed by atoms with Gasteiger partial charge < -0.3 is 35.4 Å². The second-order valence-corrected chi connectivity index (χ2v) is 7.87. The Balaban J connectivity index is 2.33. The molecule has 1 heterocycles. The maximum absolute atomic E-state index is 12.4. The summed E-state index contributed by atoms with van der Waals surface area (Å²) in [6.07, 6.45) is 1.82. The Morgan fingerprint density at radius 2 is 1.54 bits per heavy atom. The first kappa shape index (κ1) is 25.4. The summed E-state index contributed by atoms with van der Waals surface area (Å²) < 4.78 is 4.84. The fourth-order valence-electron chi connectivity index (χ4n) is 3.58.